The monoisotopic (exact) mass is 509 g/mol. The van der Waals surface area contributed by atoms with Crippen LogP contribution in [0.2, 0.25) is 0 Å². The van der Waals surface area contributed by atoms with Gasteiger partial charge in [0.05, 0.1) is 12.5 Å². The molecule has 2 aliphatic rings. The summed E-state index contributed by atoms with van der Waals surface area (Å²) in [6.45, 7) is 5.33. The van der Waals surface area contributed by atoms with Crippen molar-refractivity contribution in [2.45, 2.75) is 31.7 Å². The van der Waals surface area contributed by atoms with Crippen molar-refractivity contribution in [3.05, 3.63) is 71.0 Å². The van der Waals surface area contributed by atoms with Crippen LogP contribution < -0.4 is 0 Å². The minimum atomic E-state index is -0.471. The second-order valence-electron chi connectivity index (χ2n) is 10.7. The SMILES string of the molecule is COCCN1C[C@H](C(=O)c2ccccc2)[C@@H](c2cccc(F)c2C)[C@H](C(=O)N2CCC(N(C)C)CC2)C1. The molecule has 2 saturated heterocycles. The number of halogens is 1. The molecule has 0 N–H and O–H groups in total. The molecule has 0 bridgehead atoms. The van der Waals surface area contributed by atoms with E-state index in [2.05, 4.69) is 23.9 Å². The summed E-state index contributed by atoms with van der Waals surface area (Å²) < 4.78 is 20.2. The van der Waals surface area contributed by atoms with Crippen LogP contribution in [0.4, 0.5) is 4.39 Å². The number of benzene rings is 2. The molecule has 3 atom stereocenters. The summed E-state index contributed by atoms with van der Waals surface area (Å²) in [7, 11) is 5.83. The molecule has 0 spiro atoms. The van der Waals surface area contributed by atoms with Crippen molar-refractivity contribution in [2.75, 3.05) is 60.5 Å². The molecule has 200 valence electrons. The van der Waals surface area contributed by atoms with E-state index in [9.17, 15) is 14.0 Å². The molecule has 0 aliphatic carbocycles. The quantitative estimate of drug-likeness (QED) is 0.506. The Hall–Kier alpha value is -2.61. The van der Waals surface area contributed by atoms with E-state index < -0.39 is 17.8 Å². The molecule has 2 aromatic rings. The zero-order valence-electron chi connectivity index (χ0n) is 22.5. The molecule has 4 rings (SSSR count). The van der Waals surface area contributed by atoms with E-state index in [1.54, 1.807) is 20.1 Å². The van der Waals surface area contributed by atoms with Crippen LogP contribution in [-0.2, 0) is 9.53 Å². The molecule has 7 heteroatoms. The Morgan fingerprint density at radius 3 is 2.32 bits per heavy atom. The van der Waals surface area contributed by atoms with Crippen LogP contribution >= 0.6 is 0 Å². The van der Waals surface area contributed by atoms with Gasteiger partial charge in [0.15, 0.2) is 5.78 Å². The third-order valence-electron chi connectivity index (χ3n) is 8.28. The van der Waals surface area contributed by atoms with Gasteiger partial charge in [-0.05, 0) is 51.1 Å². The minimum absolute atomic E-state index is 0.000457. The Kier molecular flexibility index (Phi) is 9.11. The number of nitrogens with zero attached hydrogens (tertiary/aromatic N) is 3. The first-order valence-electron chi connectivity index (χ1n) is 13.3. The number of ketones is 1. The predicted molar refractivity (Wildman–Crippen MR) is 143 cm³/mol. The molecule has 0 aromatic heterocycles. The Morgan fingerprint density at radius 2 is 1.68 bits per heavy atom. The van der Waals surface area contributed by atoms with E-state index in [4.69, 9.17) is 4.74 Å². The normalized spacial score (nSPS) is 23.4. The Morgan fingerprint density at radius 1 is 1.00 bits per heavy atom. The zero-order chi connectivity index (χ0) is 26.5. The van der Waals surface area contributed by atoms with Gasteiger partial charge in [-0.25, -0.2) is 4.39 Å². The van der Waals surface area contributed by atoms with Gasteiger partial charge in [0.2, 0.25) is 5.91 Å². The summed E-state index contributed by atoms with van der Waals surface area (Å²) in [5.74, 6) is -1.55. The van der Waals surface area contributed by atoms with Crippen molar-refractivity contribution in [1.29, 1.82) is 0 Å². The average Bonchev–Trinajstić information content (AvgIpc) is 2.92. The van der Waals surface area contributed by atoms with Gasteiger partial charge < -0.3 is 14.5 Å². The number of ether oxygens (including phenoxy) is 1. The summed E-state index contributed by atoms with van der Waals surface area (Å²) in [6.07, 6.45) is 1.85. The van der Waals surface area contributed by atoms with Crippen LogP contribution in [-0.4, -0.2) is 93.0 Å². The summed E-state index contributed by atoms with van der Waals surface area (Å²) in [4.78, 5) is 34.5. The Balaban J connectivity index is 1.73. The highest BCUT2D eigenvalue weighted by Gasteiger charge is 2.46. The van der Waals surface area contributed by atoms with Crippen molar-refractivity contribution in [2.24, 2.45) is 11.8 Å². The number of piperidine rings is 2. The van der Waals surface area contributed by atoms with Crippen LogP contribution in [0.25, 0.3) is 0 Å². The first-order chi connectivity index (χ1) is 17.8. The summed E-state index contributed by atoms with van der Waals surface area (Å²) >= 11 is 0. The van der Waals surface area contributed by atoms with Crippen LogP contribution in [0, 0.1) is 24.6 Å². The Labute approximate surface area is 220 Å². The fourth-order valence-electron chi connectivity index (χ4n) is 6.09. The number of hydrogen-bond donors (Lipinski definition) is 0. The smallest absolute Gasteiger partial charge is 0.227 e. The van der Waals surface area contributed by atoms with E-state index in [1.807, 2.05) is 41.3 Å². The van der Waals surface area contributed by atoms with E-state index in [1.165, 1.54) is 6.07 Å². The molecule has 2 fully saturated rings. The number of amides is 1. The van der Waals surface area contributed by atoms with Gasteiger partial charge >= 0.3 is 0 Å². The number of carbonyl (C=O) groups is 2. The van der Waals surface area contributed by atoms with E-state index in [0.717, 1.165) is 18.4 Å². The highest BCUT2D eigenvalue weighted by atomic mass is 19.1. The number of rotatable bonds is 8. The lowest BCUT2D eigenvalue weighted by atomic mass is 9.69. The number of likely N-dealkylation sites (tertiary alicyclic amines) is 2. The highest BCUT2D eigenvalue weighted by Crippen LogP contribution is 2.42. The number of hydrogen-bond acceptors (Lipinski definition) is 5. The predicted octanol–water partition coefficient (Wildman–Crippen LogP) is 3.85. The van der Waals surface area contributed by atoms with Crippen molar-refractivity contribution in [3.8, 4) is 0 Å². The standard InChI is InChI=1S/C30H40FN3O3/c1-21-24(11-8-12-27(21)31)28-25(29(35)22-9-6-5-7-10-22)19-33(17-18-37-4)20-26(28)30(36)34-15-13-23(14-16-34)32(2)3/h5-12,23,25-26,28H,13-20H2,1-4H3/t25-,26+,28+/m0/s1. The van der Waals surface area contributed by atoms with Crippen LogP contribution in [0.15, 0.2) is 48.5 Å². The van der Waals surface area contributed by atoms with Gasteiger partial charge in [0, 0.05) is 63.3 Å². The second-order valence-corrected chi connectivity index (χ2v) is 10.7. The summed E-state index contributed by atoms with van der Waals surface area (Å²) in [6, 6.07) is 14.8. The van der Waals surface area contributed by atoms with Gasteiger partial charge in [-0.2, -0.15) is 0 Å². The second kappa shape index (κ2) is 12.3. The number of methoxy groups -OCH3 is 1. The molecule has 1 amide bonds. The Bertz CT molecular complexity index is 1070. The van der Waals surface area contributed by atoms with Crippen molar-refractivity contribution in [1.82, 2.24) is 14.7 Å². The molecular formula is C30H40FN3O3. The molecule has 37 heavy (non-hydrogen) atoms. The minimum Gasteiger partial charge on any atom is -0.383 e. The first kappa shape index (κ1) is 27.4. The van der Waals surface area contributed by atoms with Crippen molar-refractivity contribution >= 4 is 11.7 Å². The number of Topliss-reactive ketones (excluding diaryl/α,β-unsaturated/α-hetero) is 1. The topological polar surface area (TPSA) is 53.1 Å². The van der Waals surface area contributed by atoms with Crippen molar-refractivity contribution in [3.63, 3.8) is 0 Å². The molecule has 0 radical (unpaired) electrons. The molecule has 6 nitrogen and oxygen atoms in total. The third-order valence-corrected chi connectivity index (χ3v) is 8.28. The fraction of sp³-hybridized carbons (Fsp3) is 0.533. The fourth-order valence-corrected chi connectivity index (χ4v) is 6.09. The van der Waals surface area contributed by atoms with Crippen LogP contribution in [0.3, 0.4) is 0 Å². The summed E-state index contributed by atoms with van der Waals surface area (Å²) in [5.41, 5.74) is 1.91. The lowest BCUT2D eigenvalue weighted by Crippen LogP contribution is -2.55. The lowest BCUT2D eigenvalue weighted by Gasteiger charge is -2.45. The molecule has 2 aromatic carbocycles. The molecule has 0 unspecified atom stereocenters. The maximum atomic E-state index is 14.8. The van der Waals surface area contributed by atoms with Crippen LogP contribution in [0.5, 0.6) is 0 Å². The van der Waals surface area contributed by atoms with Crippen LogP contribution in [0.1, 0.15) is 40.2 Å². The third kappa shape index (κ3) is 6.11. The van der Waals surface area contributed by atoms with Gasteiger partial charge in [0.1, 0.15) is 5.82 Å². The molecular weight excluding hydrogens is 469 g/mol. The molecule has 0 saturated carbocycles. The van der Waals surface area contributed by atoms with Gasteiger partial charge in [-0.1, -0.05) is 42.5 Å². The zero-order valence-corrected chi connectivity index (χ0v) is 22.5. The van der Waals surface area contributed by atoms with E-state index >= 15 is 0 Å². The van der Waals surface area contributed by atoms with E-state index in [0.29, 0.717) is 56.5 Å². The van der Waals surface area contributed by atoms with Gasteiger partial charge in [0.25, 0.3) is 0 Å². The number of carbonyl (C=O) groups excluding carboxylic acids is 2. The lowest BCUT2D eigenvalue weighted by molar-refractivity contribution is -0.140. The van der Waals surface area contributed by atoms with Gasteiger partial charge in [-0.3, -0.25) is 14.5 Å². The average molecular weight is 510 g/mol. The summed E-state index contributed by atoms with van der Waals surface area (Å²) in [5, 5.41) is 0. The maximum absolute atomic E-state index is 14.8. The molecule has 2 heterocycles. The molecule has 2 aliphatic heterocycles. The largest absolute Gasteiger partial charge is 0.383 e. The highest BCUT2D eigenvalue weighted by molar-refractivity contribution is 5.99. The maximum Gasteiger partial charge on any atom is 0.227 e. The van der Waals surface area contributed by atoms with Gasteiger partial charge in [-0.15, -0.1) is 0 Å². The van der Waals surface area contributed by atoms with Crippen molar-refractivity contribution < 1.29 is 18.7 Å². The van der Waals surface area contributed by atoms with E-state index in [-0.39, 0.29) is 17.5 Å². The first-order valence-corrected chi connectivity index (χ1v) is 13.3.